The average molecular weight is 784 g/mol. The molecule has 1 aliphatic rings. The molecule has 0 radical (unpaired) electrons. The Morgan fingerprint density at radius 3 is 1.92 bits per heavy atom. The van der Waals surface area contributed by atoms with Gasteiger partial charge in [-0.25, -0.2) is 9.97 Å². The van der Waals surface area contributed by atoms with E-state index >= 15 is 0 Å². The molecule has 6 heteroatoms. The predicted molar refractivity (Wildman–Crippen MR) is 249 cm³/mol. The van der Waals surface area contributed by atoms with Crippen LogP contribution in [0, 0.1) is 0 Å². The molecule has 0 spiro atoms. The van der Waals surface area contributed by atoms with Crippen LogP contribution in [0.3, 0.4) is 0 Å². The molecule has 0 amide bonds. The van der Waals surface area contributed by atoms with Gasteiger partial charge in [-0.05, 0) is 100 Å². The fourth-order valence-electron chi connectivity index (χ4n) is 9.17. The second-order valence-electron chi connectivity index (χ2n) is 15.4. The predicted octanol–water partition coefficient (Wildman–Crippen LogP) is 14.1. The van der Waals surface area contributed by atoms with Crippen molar-refractivity contribution >= 4 is 44.2 Å². The Morgan fingerprint density at radius 2 is 1.13 bits per heavy atom. The fourth-order valence-corrected chi connectivity index (χ4v) is 9.17. The molecule has 3 aromatic heterocycles. The number of hydrogen-bond acceptors (Lipinski definition) is 4. The number of anilines is 2. The van der Waals surface area contributed by atoms with Gasteiger partial charge in [-0.3, -0.25) is 4.57 Å². The van der Waals surface area contributed by atoms with Gasteiger partial charge in [0.2, 0.25) is 0 Å². The summed E-state index contributed by atoms with van der Waals surface area (Å²) in [4.78, 5) is 12.3. The van der Waals surface area contributed by atoms with E-state index in [9.17, 15) is 0 Å². The zero-order valence-electron chi connectivity index (χ0n) is 33.1. The van der Waals surface area contributed by atoms with Crippen LogP contribution in [0.4, 0.5) is 11.4 Å². The van der Waals surface area contributed by atoms with Crippen molar-refractivity contribution in [1.82, 2.24) is 19.1 Å². The van der Waals surface area contributed by atoms with E-state index in [1.807, 2.05) is 18.3 Å². The van der Waals surface area contributed by atoms with Crippen LogP contribution in [0.25, 0.3) is 83.4 Å². The molecule has 0 unspecified atom stereocenters. The first-order chi connectivity index (χ1) is 30.2. The molecule has 0 aliphatic carbocycles. The molecule has 8 aromatic carbocycles. The van der Waals surface area contributed by atoms with E-state index in [2.05, 4.69) is 208 Å². The smallest absolute Gasteiger partial charge is 0.144 e. The van der Waals surface area contributed by atoms with E-state index in [1.165, 1.54) is 5.39 Å². The minimum atomic E-state index is 0.581. The molecule has 0 bridgehead atoms. The molecule has 4 heterocycles. The van der Waals surface area contributed by atoms with Crippen LogP contribution in [0.15, 0.2) is 212 Å². The highest BCUT2D eigenvalue weighted by Gasteiger charge is 2.27. The van der Waals surface area contributed by atoms with Gasteiger partial charge in [0.25, 0.3) is 0 Å². The maximum Gasteiger partial charge on any atom is 0.144 e. The van der Waals surface area contributed by atoms with Gasteiger partial charge in [0.15, 0.2) is 0 Å². The molecule has 0 saturated carbocycles. The number of hydrogen-bond donors (Lipinski definition) is 0. The standard InChI is InChI=1S/C55H37N5O/c1-3-16-37(17-4-1)43-22-15-23-44(38-18-5-2-6-19-38)54(43)39-32-40(58-36-59-51-27-12-9-24-48(51)57-55(59)47-21-8-10-25-49(47)58)34-42(33-39)61-41-29-30-46-45-20-7-11-26-50(45)60(52(46)35-41)53-28-13-14-31-56-53/h1-35H,36H2. The zero-order valence-corrected chi connectivity index (χ0v) is 33.1. The van der Waals surface area contributed by atoms with E-state index in [0.717, 1.165) is 101 Å². The summed E-state index contributed by atoms with van der Waals surface area (Å²) in [6, 6.07) is 72.6. The Labute approximate surface area is 352 Å². The lowest BCUT2D eigenvalue weighted by Crippen LogP contribution is -2.26. The molecule has 0 fully saturated rings. The van der Waals surface area contributed by atoms with Crippen LogP contribution < -0.4 is 9.64 Å². The summed E-state index contributed by atoms with van der Waals surface area (Å²) in [6.45, 7) is 0.581. The quantitative estimate of drug-likeness (QED) is 0.162. The summed E-state index contributed by atoms with van der Waals surface area (Å²) in [5.41, 5.74) is 14.2. The number of nitrogens with zero attached hydrogens (tertiary/aromatic N) is 5. The van der Waals surface area contributed by atoms with Crippen molar-refractivity contribution in [2.75, 3.05) is 4.90 Å². The van der Waals surface area contributed by atoms with Gasteiger partial charge in [-0.1, -0.05) is 127 Å². The van der Waals surface area contributed by atoms with Crippen molar-refractivity contribution in [3.05, 3.63) is 212 Å². The summed E-state index contributed by atoms with van der Waals surface area (Å²) >= 11 is 0. The number of benzene rings is 8. The summed E-state index contributed by atoms with van der Waals surface area (Å²) in [7, 11) is 0. The summed E-state index contributed by atoms with van der Waals surface area (Å²) in [5.74, 6) is 3.29. The van der Waals surface area contributed by atoms with Crippen molar-refractivity contribution in [1.29, 1.82) is 0 Å². The van der Waals surface area contributed by atoms with Gasteiger partial charge in [-0.15, -0.1) is 0 Å². The van der Waals surface area contributed by atoms with Gasteiger partial charge in [0, 0.05) is 40.4 Å². The van der Waals surface area contributed by atoms with Gasteiger partial charge < -0.3 is 14.2 Å². The van der Waals surface area contributed by atoms with Gasteiger partial charge in [0.1, 0.15) is 29.8 Å². The molecule has 1 aliphatic heterocycles. The molecule has 61 heavy (non-hydrogen) atoms. The summed E-state index contributed by atoms with van der Waals surface area (Å²) in [5, 5.41) is 2.31. The molecular weight excluding hydrogens is 747 g/mol. The molecule has 12 rings (SSSR count). The van der Waals surface area contributed by atoms with Gasteiger partial charge in [-0.2, -0.15) is 0 Å². The van der Waals surface area contributed by atoms with E-state index < -0.39 is 0 Å². The molecule has 6 nitrogen and oxygen atoms in total. The van der Waals surface area contributed by atoms with Crippen LogP contribution in [-0.4, -0.2) is 19.1 Å². The van der Waals surface area contributed by atoms with Crippen LogP contribution in [0.5, 0.6) is 11.5 Å². The van der Waals surface area contributed by atoms with Crippen molar-refractivity contribution in [3.63, 3.8) is 0 Å². The van der Waals surface area contributed by atoms with Crippen LogP contribution in [0.1, 0.15) is 0 Å². The minimum Gasteiger partial charge on any atom is -0.457 e. The van der Waals surface area contributed by atoms with Gasteiger partial charge in [0.05, 0.1) is 27.8 Å². The number of fused-ring (bicyclic) bond motifs is 8. The number of para-hydroxylation sites is 4. The Hall–Kier alpha value is -8.22. The van der Waals surface area contributed by atoms with E-state index in [4.69, 9.17) is 14.7 Å². The second-order valence-corrected chi connectivity index (χ2v) is 15.4. The Bertz CT molecular complexity index is 3370. The highest BCUT2D eigenvalue weighted by Crippen LogP contribution is 2.47. The normalized spacial score (nSPS) is 12.2. The maximum atomic E-state index is 7.09. The van der Waals surface area contributed by atoms with Gasteiger partial charge >= 0.3 is 0 Å². The van der Waals surface area contributed by atoms with Crippen molar-refractivity contribution in [3.8, 4) is 62.1 Å². The third kappa shape index (κ3) is 5.88. The SMILES string of the molecule is c1ccc(-c2cccc(-c3ccccc3)c2-c2cc(Oc3ccc4c5ccccc5n(-c5ccccn5)c4c3)cc(N3Cn4c(nc5ccccc54)-c4ccccc43)c2)cc1. The number of ether oxygens (including phenoxy) is 1. The first kappa shape index (κ1) is 34.8. The number of aromatic nitrogens is 4. The first-order valence-electron chi connectivity index (χ1n) is 20.6. The van der Waals surface area contributed by atoms with Crippen LogP contribution in [-0.2, 0) is 6.67 Å². The van der Waals surface area contributed by atoms with Crippen molar-refractivity contribution in [2.45, 2.75) is 6.67 Å². The Kier molecular flexibility index (Phi) is 8.13. The molecule has 0 N–H and O–H groups in total. The second kappa shape index (κ2) is 14.3. The summed E-state index contributed by atoms with van der Waals surface area (Å²) in [6.07, 6.45) is 1.84. The average Bonchev–Trinajstić information content (AvgIpc) is 3.87. The minimum absolute atomic E-state index is 0.581. The largest absolute Gasteiger partial charge is 0.457 e. The third-order valence-corrected chi connectivity index (χ3v) is 11.9. The lowest BCUT2D eigenvalue weighted by molar-refractivity contribution is 0.483. The van der Waals surface area contributed by atoms with E-state index in [1.54, 1.807) is 0 Å². The fraction of sp³-hybridized carbons (Fsp3) is 0.0182. The highest BCUT2D eigenvalue weighted by atomic mass is 16.5. The molecule has 0 atom stereocenters. The molecular formula is C55H37N5O. The summed E-state index contributed by atoms with van der Waals surface area (Å²) < 4.78 is 11.6. The van der Waals surface area contributed by atoms with Crippen molar-refractivity contribution in [2.24, 2.45) is 0 Å². The molecule has 288 valence electrons. The molecule has 11 aromatic rings. The van der Waals surface area contributed by atoms with E-state index in [-0.39, 0.29) is 0 Å². The van der Waals surface area contributed by atoms with E-state index in [0.29, 0.717) is 6.67 Å². The Balaban J connectivity index is 1.08. The highest BCUT2D eigenvalue weighted by molar-refractivity contribution is 6.09. The lowest BCUT2D eigenvalue weighted by atomic mass is 9.87. The van der Waals surface area contributed by atoms with Crippen LogP contribution >= 0.6 is 0 Å². The monoisotopic (exact) mass is 783 g/mol. The van der Waals surface area contributed by atoms with Crippen LogP contribution in [0.2, 0.25) is 0 Å². The first-order valence-corrected chi connectivity index (χ1v) is 20.6. The zero-order chi connectivity index (χ0) is 40.3. The molecule has 0 saturated heterocycles. The number of pyridine rings is 1. The topological polar surface area (TPSA) is 48.1 Å². The van der Waals surface area contributed by atoms with Crippen molar-refractivity contribution < 1.29 is 4.74 Å². The maximum absolute atomic E-state index is 7.09. The Morgan fingerprint density at radius 1 is 0.459 bits per heavy atom. The number of imidazole rings is 1. The third-order valence-electron chi connectivity index (χ3n) is 11.9. The number of rotatable bonds is 7. The lowest BCUT2D eigenvalue weighted by Gasteiger charge is -2.33.